The third-order valence-electron chi connectivity index (χ3n) is 3.49. The SMILES string of the molecule is O=C(N/N=C/c1sc2ccccc2c1Br)c1cc([N+](=O)[O-])cc([N+](=O)[O-])c1. The van der Waals surface area contributed by atoms with Crippen LogP contribution in [0.2, 0.25) is 0 Å². The Morgan fingerprint density at radius 3 is 2.33 bits per heavy atom. The second kappa shape index (κ2) is 7.60. The number of nitrogens with zero attached hydrogens (tertiary/aromatic N) is 3. The number of carbonyl (C=O) groups excluding carboxylic acids is 1. The molecule has 0 unspecified atom stereocenters. The number of amides is 1. The number of nitro groups is 2. The molecular weight excluding hydrogens is 440 g/mol. The Morgan fingerprint density at radius 1 is 1.11 bits per heavy atom. The van der Waals surface area contributed by atoms with Gasteiger partial charge >= 0.3 is 0 Å². The van der Waals surface area contributed by atoms with E-state index in [0.717, 1.165) is 37.6 Å². The molecule has 0 saturated heterocycles. The van der Waals surface area contributed by atoms with Gasteiger partial charge in [-0.3, -0.25) is 25.0 Å². The first-order chi connectivity index (χ1) is 12.9. The molecular formula is C16H9BrN4O5S. The molecule has 11 heteroatoms. The van der Waals surface area contributed by atoms with Gasteiger partial charge in [0, 0.05) is 26.7 Å². The average molecular weight is 449 g/mol. The van der Waals surface area contributed by atoms with Gasteiger partial charge in [0.1, 0.15) is 0 Å². The lowest BCUT2D eigenvalue weighted by atomic mass is 10.1. The maximum Gasteiger partial charge on any atom is 0.277 e. The Morgan fingerprint density at radius 2 is 1.74 bits per heavy atom. The van der Waals surface area contributed by atoms with Gasteiger partial charge in [0.05, 0.1) is 32.6 Å². The first kappa shape index (κ1) is 18.6. The molecule has 0 aliphatic heterocycles. The highest BCUT2D eigenvalue weighted by Gasteiger charge is 2.19. The van der Waals surface area contributed by atoms with Crippen LogP contribution in [-0.4, -0.2) is 22.0 Å². The molecule has 3 rings (SSSR count). The standard InChI is InChI=1S/C16H9BrN4O5S/c17-15-12-3-1-2-4-13(12)27-14(15)8-18-19-16(22)9-5-10(20(23)24)7-11(6-9)21(25)26/h1-8H,(H,19,22)/b18-8+. The fraction of sp³-hybridized carbons (Fsp3) is 0. The van der Waals surface area contributed by atoms with Gasteiger partial charge < -0.3 is 0 Å². The summed E-state index contributed by atoms with van der Waals surface area (Å²) in [6.07, 6.45) is 1.43. The van der Waals surface area contributed by atoms with E-state index in [1.807, 2.05) is 24.3 Å². The number of hydrogen-bond donors (Lipinski definition) is 1. The van der Waals surface area contributed by atoms with Gasteiger partial charge in [-0.15, -0.1) is 11.3 Å². The molecule has 1 heterocycles. The zero-order valence-electron chi connectivity index (χ0n) is 13.3. The summed E-state index contributed by atoms with van der Waals surface area (Å²) < 4.78 is 1.86. The molecule has 1 amide bonds. The van der Waals surface area contributed by atoms with E-state index in [4.69, 9.17) is 0 Å². The smallest absolute Gasteiger partial charge is 0.267 e. The highest BCUT2D eigenvalue weighted by Crippen LogP contribution is 2.34. The van der Waals surface area contributed by atoms with Gasteiger partial charge in [0.15, 0.2) is 0 Å². The van der Waals surface area contributed by atoms with Crippen LogP contribution in [0.15, 0.2) is 52.0 Å². The summed E-state index contributed by atoms with van der Waals surface area (Å²) in [5.41, 5.74) is 0.889. The fourth-order valence-electron chi connectivity index (χ4n) is 2.27. The number of nitro benzene ring substituents is 2. The van der Waals surface area contributed by atoms with Gasteiger partial charge in [0.2, 0.25) is 0 Å². The van der Waals surface area contributed by atoms with Crippen molar-refractivity contribution >= 4 is 60.8 Å². The Labute approximate surface area is 163 Å². The maximum atomic E-state index is 12.2. The minimum Gasteiger partial charge on any atom is -0.267 e. The summed E-state index contributed by atoms with van der Waals surface area (Å²) in [4.78, 5) is 33.1. The van der Waals surface area contributed by atoms with E-state index in [1.54, 1.807) is 0 Å². The lowest BCUT2D eigenvalue weighted by molar-refractivity contribution is -0.394. The van der Waals surface area contributed by atoms with Crippen LogP contribution < -0.4 is 5.43 Å². The molecule has 0 radical (unpaired) electrons. The fourth-order valence-corrected chi connectivity index (χ4v) is 4.06. The minimum absolute atomic E-state index is 0.233. The van der Waals surface area contributed by atoms with Crippen molar-refractivity contribution in [2.45, 2.75) is 0 Å². The first-order valence-electron chi connectivity index (χ1n) is 7.31. The molecule has 3 aromatic rings. The van der Waals surface area contributed by atoms with Crippen molar-refractivity contribution in [1.82, 2.24) is 5.43 Å². The van der Waals surface area contributed by atoms with Gasteiger partial charge in [0.25, 0.3) is 17.3 Å². The van der Waals surface area contributed by atoms with Gasteiger partial charge in [-0.05, 0) is 22.0 Å². The minimum atomic E-state index is -0.804. The van der Waals surface area contributed by atoms with E-state index >= 15 is 0 Å². The van der Waals surface area contributed by atoms with Gasteiger partial charge in [-0.1, -0.05) is 18.2 Å². The highest BCUT2D eigenvalue weighted by atomic mass is 79.9. The van der Waals surface area contributed by atoms with Crippen molar-refractivity contribution in [2.75, 3.05) is 0 Å². The third kappa shape index (κ3) is 3.99. The summed E-state index contributed by atoms with van der Waals surface area (Å²) >= 11 is 4.93. The van der Waals surface area contributed by atoms with Crippen molar-refractivity contribution in [1.29, 1.82) is 0 Å². The maximum absolute atomic E-state index is 12.2. The second-order valence-corrected chi connectivity index (χ2v) is 7.10. The number of hydrazone groups is 1. The van der Waals surface area contributed by atoms with Crippen molar-refractivity contribution in [3.63, 3.8) is 0 Å². The van der Waals surface area contributed by atoms with E-state index in [2.05, 4.69) is 26.5 Å². The monoisotopic (exact) mass is 448 g/mol. The molecule has 0 aliphatic rings. The lowest BCUT2D eigenvalue weighted by Crippen LogP contribution is -2.18. The molecule has 1 N–H and O–H groups in total. The Balaban J connectivity index is 1.82. The van der Waals surface area contributed by atoms with Crippen LogP contribution in [0.5, 0.6) is 0 Å². The quantitative estimate of drug-likeness (QED) is 0.354. The summed E-state index contributed by atoms with van der Waals surface area (Å²) in [5, 5.41) is 26.6. The summed E-state index contributed by atoms with van der Waals surface area (Å²) in [6.45, 7) is 0. The van der Waals surface area contributed by atoms with Crippen LogP contribution in [0.3, 0.4) is 0 Å². The summed E-state index contributed by atoms with van der Waals surface area (Å²) in [6, 6.07) is 10.4. The van der Waals surface area contributed by atoms with Crippen LogP contribution in [0.1, 0.15) is 15.2 Å². The van der Waals surface area contributed by atoms with E-state index in [-0.39, 0.29) is 5.56 Å². The predicted molar refractivity (Wildman–Crippen MR) is 104 cm³/mol. The highest BCUT2D eigenvalue weighted by molar-refractivity contribution is 9.10. The number of halogens is 1. The topological polar surface area (TPSA) is 128 Å². The largest absolute Gasteiger partial charge is 0.277 e. The van der Waals surface area contributed by atoms with Crippen LogP contribution in [0.25, 0.3) is 10.1 Å². The van der Waals surface area contributed by atoms with Crippen molar-refractivity contribution in [2.24, 2.45) is 5.10 Å². The Kier molecular flexibility index (Phi) is 5.23. The number of benzene rings is 2. The van der Waals surface area contributed by atoms with Crippen LogP contribution in [0, 0.1) is 20.2 Å². The van der Waals surface area contributed by atoms with Gasteiger partial charge in [-0.2, -0.15) is 5.10 Å². The molecule has 0 saturated carbocycles. The molecule has 0 bridgehead atoms. The van der Waals surface area contributed by atoms with Gasteiger partial charge in [-0.25, -0.2) is 5.43 Å². The normalized spacial score (nSPS) is 11.0. The van der Waals surface area contributed by atoms with E-state index in [1.165, 1.54) is 17.6 Å². The predicted octanol–water partition coefficient (Wildman–Crippen LogP) is 4.24. The summed E-state index contributed by atoms with van der Waals surface area (Å²) in [5.74, 6) is -0.796. The zero-order valence-corrected chi connectivity index (χ0v) is 15.7. The van der Waals surface area contributed by atoms with Crippen LogP contribution in [-0.2, 0) is 0 Å². The molecule has 1 aromatic heterocycles. The van der Waals surface area contributed by atoms with E-state index < -0.39 is 27.1 Å². The third-order valence-corrected chi connectivity index (χ3v) is 5.72. The van der Waals surface area contributed by atoms with Crippen LogP contribution >= 0.6 is 27.3 Å². The number of carbonyl (C=O) groups is 1. The molecule has 0 fully saturated rings. The van der Waals surface area contributed by atoms with E-state index in [0.29, 0.717) is 0 Å². The molecule has 27 heavy (non-hydrogen) atoms. The Bertz CT molecular complexity index is 1080. The lowest BCUT2D eigenvalue weighted by Gasteiger charge is -2.00. The van der Waals surface area contributed by atoms with E-state index in [9.17, 15) is 25.0 Å². The molecule has 0 atom stereocenters. The number of rotatable bonds is 5. The second-order valence-electron chi connectivity index (χ2n) is 5.23. The molecule has 136 valence electrons. The van der Waals surface area contributed by atoms with Crippen molar-refractivity contribution in [3.05, 3.63) is 77.6 Å². The van der Waals surface area contributed by atoms with Crippen LogP contribution in [0.4, 0.5) is 11.4 Å². The number of nitrogens with one attached hydrogen (secondary N) is 1. The number of thiophene rings is 1. The number of fused-ring (bicyclic) bond motifs is 1. The zero-order chi connectivity index (χ0) is 19.6. The Hall–Kier alpha value is -3.18. The average Bonchev–Trinajstić information content (AvgIpc) is 2.97. The van der Waals surface area contributed by atoms with Crippen molar-refractivity contribution < 1.29 is 14.6 Å². The molecule has 0 spiro atoms. The van der Waals surface area contributed by atoms with Crippen molar-refractivity contribution in [3.8, 4) is 0 Å². The molecule has 2 aromatic carbocycles. The summed E-state index contributed by atoms with van der Waals surface area (Å²) in [7, 11) is 0. The molecule has 9 nitrogen and oxygen atoms in total. The number of non-ortho nitro benzene ring substituents is 2. The molecule has 0 aliphatic carbocycles. The first-order valence-corrected chi connectivity index (χ1v) is 8.92. The number of hydrogen-bond acceptors (Lipinski definition) is 7.